The Balaban J connectivity index is 1.68. The van der Waals surface area contributed by atoms with E-state index in [1.54, 1.807) is 6.07 Å². The second-order valence-corrected chi connectivity index (χ2v) is 7.10. The van der Waals surface area contributed by atoms with Crippen molar-refractivity contribution in [2.24, 2.45) is 5.92 Å². The van der Waals surface area contributed by atoms with E-state index in [4.69, 9.17) is 15.2 Å². The lowest BCUT2D eigenvalue weighted by Gasteiger charge is -2.20. The van der Waals surface area contributed by atoms with Crippen molar-refractivity contribution in [2.75, 3.05) is 24.7 Å². The highest BCUT2D eigenvalue weighted by Crippen LogP contribution is 2.35. The zero-order chi connectivity index (χ0) is 13.9. The van der Waals surface area contributed by atoms with Crippen LogP contribution in [0.15, 0.2) is 12.1 Å². The Morgan fingerprint density at radius 3 is 2.50 bits per heavy atom. The van der Waals surface area contributed by atoms with Gasteiger partial charge >= 0.3 is 0 Å². The molecule has 1 unspecified atom stereocenters. The summed E-state index contributed by atoms with van der Waals surface area (Å²) in [7, 11) is -0.848. The van der Waals surface area contributed by atoms with Crippen LogP contribution in [0, 0.1) is 5.92 Å². The molecule has 1 fully saturated rings. The van der Waals surface area contributed by atoms with Crippen LogP contribution in [-0.2, 0) is 16.6 Å². The van der Waals surface area contributed by atoms with E-state index in [0.717, 1.165) is 17.1 Å². The highest BCUT2D eigenvalue weighted by atomic mass is 32.2. The van der Waals surface area contributed by atoms with Crippen LogP contribution < -0.4 is 15.2 Å². The van der Waals surface area contributed by atoms with Gasteiger partial charge in [0, 0.05) is 28.3 Å². The molecule has 1 atom stereocenters. The first-order chi connectivity index (χ1) is 9.72. The van der Waals surface area contributed by atoms with Gasteiger partial charge in [0.1, 0.15) is 13.2 Å². The molecule has 0 saturated heterocycles. The molecule has 1 aliphatic heterocycles. The van der Waals surface area contributed by atoms with Crippen LogP contribution in [0.5, 0.6) is 11.5 Å². The summed E-state index contributed by atoms with van der Waals surface area (Å²) in [6.07, 6.45) is 5.02. The van der Waals surface area contributed by atoms with Gasteiger partial charge in [-0.15, -0.1) is 0 Å². The van der Waals surface area contributed by atoms with Gasteiger partial charge in [-0.2, -0.15) is 0 Å². The summed E-state index contributed by atoms with van der Waals surface area (Å²) in [6.45, 7) is 1.11. The molecule has 5 heteroatoms. The van der Waals surface area contributed by atoms with Gasteiger partial charge in [-0.3, -0.25) is 4.21 Å². The molecule has 0 amide bonds. The minimum absolute atomic E-state index is 0.513. The number of ether oxygens (including phenoxy) is 2. The third-order valence-electron chi connectivity index (χ3n) is 4.02. The van der Waals surface area contributed by atoms with Crippen LogP contribution in [0.25, 0.3) is 0 Å². The monoisotopic (exact) mass is 295 g/mol. The first kappa shape index (κ1) is 13.7. The zero-order valence-electron chi connectivity index (χ0n) is 11.6. The van der Waals surface area contributed by atoms with Crippen LogP contribution in [-0.4, -0.2) is 23.2 Å². The van der Waals surface area contributed by atoms with Gasteiger partial charge < -0.3 is 15.2 Å². The van der Waals surface area contributed by atoms with Crippen LogP contribution in [0.1, 0.15) is 31.2 Å². The fourth-order valence-electron chi connectivity index (χ4n) is 2.94. The smallest absolute Gasteiger partial charge is 0.163 e. The van der Waals surface area contributed by atoms with E-state index < -0.39 is 10.8 Å². The molecule has 1 heterocycles. The Morgan fingerprint density at radius 2 is 1.80 bits per heavy atom. The largest absolute Gasteiger partial charge is 0.486 e. The molecule has 0 radical (unpaired) electrons. The van der Waals surface area contributed by atoms with Crippen molar-refractivity contribution in [3.63, 3.8) is 0 Å². The first-order valence-corrected chi connectivity index (χ1v) is 8.74. The number of hydrogen-bond donors (Lipinski definition) is 1. The molecule has 1 aliphatic carbocycles. The van der Waals surface area contributed by atoms with Crippen molar-refractivity contribution in [3.05, 3.63) is 17.7 Å². The van der Waals surface area contributed by atoms with E-state index in [0.29, 0.717) is 36.3 Å². The minimum Gasteiger partial charge on any atom is -0.486 e. The molecular formula is C15H21NO3S. The lowest BCUT2D eigenvalue weighted by atomic mass is 10.1. The molecule has 0 bridgehead atoms. The second-order valence-electron chi connectivity index (χ2n) is 5.60. The molecule has 110 valence electrons. The molecule has 1 saturated carbocycles. The molecular weight excluding hydrogens is 274 g/mol. The number of nitrogens with two attached hydrogens (primary N) is 1. The van der Waals surface area contributed by atoms with Crippen molar-refractivity contribution >= 4 is 16.5 Å². The topological polar surface area (TPSA) is 61.6 Å². The highest BCUT2D eigenvalue weighted by molar-refractivity contribution is 7.84. The van der Waals surface area contributed by atoms with Gasteiger partial charge in [-0.25, -0.2) is 0 Å². The van der Waals surface area contributed by atoms with Crippen molar-refractivity contribution in [1.82, 2.24) is 0 Å². The van der Waals surface area contributed by atoms with Gasteiger partial charge in [0.05, 0.1) is 5.75 Å². The number of fused-ring (bicyclic) bond motifs is 1. The number of nitrogen functional groups attached to an aromatic ring is 1. The van der Waals surface area contributed by atoms with Crippen LogP contribution >= 0.6 is 0 Å². The number of hydrogen-bond acceptors (Lipinski definition) is 4. The zero-order valence-corrected chi connectivity index (χ0v) is 12.4. The Bertz CT molecular complexity index is 512. The van der Waals surface area contributed by atoms with Gasteiger partial charge in [-0.1, -0.05) is 12.8 Å². The Morgan fingerprint density at radius 1 is 1.15 bits per heavy atom. The van der Waals surface area contributed by atoms with E-state index in [1.165, 1.54) is 25.7 Å². The fraction of sp³-hybridized carbons (Fsp3) is 0.600. The highest BCUT2D eigenvalue weighted by Gasteiger charge is 2.20. The summed E-state index contributed by atoms with van der Waals surface area (Å²) in [5, 5.41) is 0. The quantitative estimate of drug-likeness (QED) is 0.867. The van der Waals surface area contributed by atoms with Crippen LogP contribution in [0.2, 0.25) is 0 Å². The van der Waals surface area contributed by atoms with Gasteiger partial charge in [0.15, 0.2) is 11.5 Å². The van der Waals surface area contributed by atoms with Crippen LogP contribution in [0.3, 0.4) is 0 Å². The maximum absolute atomic E-state index is 12.3. The number of rotatable bonds is 4. The molecule has 2 aliphatic rings. The predicted octanol–water partition coefficient (Wildman–Crippen LogP) is 2.48. The minimum atomic E-state index is -0.848. The van der Waals surface area contributed by atoms with Crippen molar-refractivity contribution < 1.29 is 13.7 Å². The van der Waals surface area contributed by atoms with E-state index in [-0.39, 0.29) is 0 Å². The van der Waals surface area contributed by atoms with Crippen molar-refractivity contribution in [1.29, 1.82) is 0 Å². The fourth-order valence-corrected chi connectivity index (χ4v) is 4.52. The lowest BCUT2D eigenvalue weighted by molar-refractivity contribution is 0.171. The van der Waals surface area contributed by atoms with Crippen molar-refractivity contribution in [3.8, 4) is 11.5 Å². The van der Waals surface area contributed by atoms with E-state index in [2.05, 4.69) is 0 Å². The Labute approximate surface area is 122 Å². The molecule has 0 spiro atoms. The van der Waals surface area contributed by atoms with E-state index >= 15 is 0 Å². The number of benzene rings is 1. The summed E-state index contributed by atoms with van der Waals surface area (Å²) in [5.74, 6) is 3.36. The molecule has 3 rings (SSSR count). The maximum atomic E-state index is 12.3. The van der Waals surface area contributed by atoms with Gasteiger partial charge in [0.25, 0.3) is 0 Å². The molecule has 4 nitrogen and oxygen atoms in total. The summed E-state index contributed by atoms with van der Waals surface area (Å²) >= 11 is 0. The number of anilines is 1. The summed E-state index contributed by atoms with van der Waals surface area (Å²) in [5.41, 5.74) is 7.59. The predicted molar refractivity (Wildman–Crippen MR) is 80.5 cm³/mol. The summed E-state index contributed by atoms with van der Waals surface area (Å²) in [4.78, 5) is 0. The van der Waals surface area contributed by atoms with Crippen LogP contribution in [0.4, 0.5) is 5.69 Å². The van der Waals surface area contributed by atoms with Gasteiger partial charge in [0.2, 0.25) is 0 Å². The molecule has 2 N–H and O–H groups in total. The molecule has 1 aromatic carbocycles. The maximum Gasteiger partial charge on any atom is 0.163 e. The third-order valence-corrected chi connectivity index (χ3v) is 5.49. The third kappa shape index (κ3) is 3.08. The standard InChI is InChI=1S/C15H21NO3S/c16-13-8-15-14(18-5-6-19-15)7-12(13)10-20(17)9-11-3-1-2-4-11/h7-8,11H,1-6,9-10,16H2. The first-order valence-electron chi connectivity index (χ1n) is 7.25. The SMILES string of the molecule is Nc1cc2c(cc1CS(=O)CC1CCCC1)OCCO2. The average Bonchev–Trinajstić information content (AvgIpc) is 2.92. The summed E-state index contributed by atoms with van der Waals surface area (Å²) in [6, 6.07) is 3.67. The molecule has 0 aromatic heterocycles. The normalized spacial score (nSPS) is 20.0. The Kier molecular flexibility index (Phi) is 4.15. The summed E-state index contributed by atoms with van der Waals surface area (Å²) < 4.78 is 23.3. The van der Waals surface area contributed by atoms with Gasteiger partial charge in [-0.05, 0) is 30.4 Å². The van der Waals surface area contributed by atoms with E-state index in [1.807, 2.05) is 6.07 Å². The van der Waals surface area contributed by atoms with Crippen molar-refractivity contribution in [2.45, 2.75) is 31.4 Å². The average molecular weight is 295 g/mol. The molecule has 1 aromatic rings. The Hall–Kier alpha value is -1.23. The second kappa shape index (κ2) is 6.04. The lowest BCUT2D eigenvalue weighted by Crippen LogP contribution is -2.16. The molecule has 20 heavy (non-hydrogen) atoms. The van der Waals surface area contributed by atoms with E-state index in [9.17, 15) is 4.21 Å².